The first-order chi connectivity index (χ1) is 24.9. The molecule has 5 amide bonds. The summed E-state index contributed by atoms with van der Waals surface area (Å²) in [4.78, 5) is 86.1. The van der Waals surface area contributed by atoms with Crippen LogP contribution in [0.3, 0.4) is 0 Å². The van der Waals surface area contributed by atoms with Crippen LogP contribution in [0.25, 0.3) is 0 Å². The van der Waals surface area contributed by atoms with E-state index >= 15 is 0 Å². The molecule has 1 aliphatic rings. The number of halogens is 1. The Morgan fingerprint density at radius 3 is 2.13 bits per heavy atom. The van der Waals surface area contributed by atoms with Crippen LogP contribution in [0.15, 0.2) is 85.3 Å². The number of carbonyl (C=O) groups is 5. The van der Waals surface area contributed by atoms with E-state index in [9.17, 15) is 34.1 Å². The van der Waals surface area contributed by atoms with Gasteiger partial charge in [-0.05, 0) is 57.0 Å². The molecule has 5 rings (SSSR count). The smallest absolute Gasteiger partial charge is 0.269 e. The Kier molecular flexibility index (Phi) is 12.3. The number of aromatic amines is 1. The summed E-state index contributed by atoms with van der Waals surface area (Å²) in [6.45, 7) is 1.33. The minimum Gasteiger partial charge on any atom is -0.368 e. The molecular weight excluding hydrogens is 783 g/mol. The lowest BCUT2D eigenvalue weighted by molar-refractivity contribution is -0.384. The number of hydrogen-bond donors (Lipinski definition) is 5. The molecule has 0 fully saturated rings. The Morgan fingerprint density at radius 2 is 1.54 bits per heavy atom. The predicted octanol–water partition coefficient (Wildman–Crippen LogP) is 1.86. The lowest BCUT2D eigenvalue weighted by atomic mass is 9.91. The number of nitrogens with one attached hydrogen (secondary N) is 4. The van der Waals surface area contributed by atoms with E-state index in [-0.39, 0.29) is 37.9 Å². The third-order valence-electron chi connectivity index (χ3n) is 8.72. The molecule has 0 spiro atoms. The quantitative estimate of drug-likeness (QED) is 0.0716. The van der Waals surface area contributed by atoms with Crippen LogP contribution in [0.1, 0.15) is 34.9 Å². The number of hydrogen-bond acceptors (Lipinski definition) is 8. The Bertz CT molecular complexity index is 1940. The molecule has 2 heterocycles. The van der Waals surface area contributed by atoms with Crippen molar-refractivity contribution in [3.63, 3.8) is 0 Å². The zero-order valence-electron chi connectivity index (χ0n) is 28.1. The number of benzene rings is 3. The maximum Gasteiger partial charge on any atom is 0.269 e. The van der Waals surface area contributed by atoms with Crippen molar-refractivity contribution in [2.45, 2.75) is 63.3 Å². The van der Waals surface area contributed by atoms with Crippen LogP contribution in [-0.2, 0) is 56.2 Å². The molecule has 0 aliphatic carbocycles. The highest BCUT2D eigenvalue weighted by Gasteiger charge is 2.39. The fourth-order valence-electron chi connectivity index (χ4n) is 6.07. The van der Waals surface area contributed by atoms with Gasteiger partial charge in [-0.25, -0.2) is 4.98 Å². The van der Waals surface area contributed by atoms with Crippen molar-refractivity contribution in [1.29, 1.82) is 0 Å². The van der Waals surface area contributed by atoms with E-state index in [1.54, 1.807) is 0 Å². The van der Waals surface area contributed by atoms with Gasteiger partial charge in [0.25, 0.3) is 5.69 Å². The van der Waals surface area contributed by atoms with Gasteiger partial charge in [-0.3, -0.25) is 34.1 Å². The number of H-pyrrole nitrogens is 1. The van der Waals surface area contributed by atoms with Crippen LogP contribution in [0.5, 0.6) is 0 Å². The number of fused-ring (bicyclic) bond motifs is 1. The number of imidazole rings is 1. The second-order valence-corrected chi connectivity index (χ2v) is 13.7. The molecule has 4 atom stereocenters. The van der Waals surface area contributed by atoms with Gasteiger partial charge in [0.05, 0.1) is 11.3 Å². The third kappa shape index (κ3) is 9.77. The Balaban J connectivity index is 1.44. The normalized spacial score (nSPS) is 15.3. The SMILES string of the molecule is CC(=O)N[C@@H](Cc1cnc[nH]1)C(=O)N[C@H](Cc1ccc(I)cc1)C(=O)N1Cc2ccccc2CC1C(=O)N[C@H](Cc1ccc([N+](=O)[O-])cc1)C(N)=O. The Labute approximate surface area is 312 Å². The number of nitrogens with zero attached hydrogens (tertiary/aromatic N) is 3. The molecule has 3 aromatic carbocycles. The van der Waals surface area contributed by atoms with E-state index in [4.69, 9.17) is 5.73 Å². The lowest BCUT2D eigenvalue weighted by Gasteiger charge is -2.38. The maximum absolute atomic E-state index is 14.7. The number of non-ortho nitro benzene ring substituents is 1. The maximum atomic E-state index is 14.7. The van der Waals surface area contributed by atoms with Crippen LogP contribution in [-0.4, -0.2) is 73.5 Å². The molecule has 1 aromatic heterocycles. The molecule has 0 bridgehead atoms. The average molecular weight is 821 g/mol. The van der Waals surface area contributed by atoms with Crippen molar-refractivity contribution in [1.82, 2.24) is 30.8 Å². The number of primary amides is 1. The van der Waals surface area contributed by atoms with Crippen LogP contribution < -0.4 is 21.7 Å². The summed E-state index contributed by atoms with van der Waals surface area (Å²) >= 11 is 2.17. The van der Waals surface area contributed by atoms with Crippen molar-refractivity contribution < 1.29 is 28.9 Å². The molecular formula is C36H37IN8O7. The van der Waals surface area contributed by atoms with Gasteiger partial charge < -0.3 is 31.6 Å². The van der Waals surface area contributed by atoms with E-state index in [0.29, 0.717) is 11.3 Å². The number of amides is 5. The molecule has 270 valence electrons. The second-order valence-electron chi connectivity index (χ2n) is 12.5. The highest BCUT2D eigenvalue weighted by Crippen LogP contribution is 2.25. The van der Waals surface area contributed by atoms with E-state index in [2.05, 4.69) is 48.5 Å². The summed E-state index contributed by atoms with van der Waals surface area (Å²) < 4.78 is 0.973. The predicted molar refractivity (Wildman–Crippen MR) is 197 cm³/mol. The fourth-order valence-corrected chi connectivity index (χ4v) is 6.43. The highest BCUT2D eigenvalue weighted by atomic mass is 127. The highest BCUT2D eigenvalue weighted by molar-refractivity contribution is 14.1. The summed E-state index contributed by atoms with van der Waals surface area (Å²) in [6, 6.07) is 15.9. The largest absolute Gasteiger partial charge is 0.368 e. The molecule has 16 heteroatoms. The molecule has 1 aliphatic heterocycles. The lowest BCUT2D eigenvalue weighted by Crippen LogP contribution is -2.61. The van der Waals surface area contributed by atoms with Gasteiger partial charge in [-0.1, -0.05) is 48.5 Å². The minimum absolute atomic E-state index is 0.0390. The Hall–Kier alpha value is -5.65. The summed E-state index contributed by atoms with van der Waals surface area (Å²) in [5, 5.41) is 19.3. The topological polar surface area (TPSA) is 223 Å². The van der Waals surface area contributed by atoms with E-state index < -0.39 is 58.6 Å². The van der Waals surface area contributed by atoms with Crippen molar-refractivity contribution in [2.75, 3.05) is 0 Å². The number of nitrogens with two attached hydrogens (primary N) is 1. The number of nitro benzene ring substituents is 1. The van der Waals surface area contributed by atoms with Crippen LogP contribution in [0.2, 0.25) is 0 Å². The van der Waals surface area contributed by atoms with Gasteiger partial charge in [-0.2, -0.15) is 0 Å². The number of carbonyl (C=O) groups excluding carboxylic acids is 5. The average Bonchev–Trinajstić information content (AvgIpc) is 3.64. The van der Waals surface area contributed by atoms with Gasteiger partial charge in [-0.15, -0.1) is 0 Å². The van der Waals surface area contributed by atoms with Crippen molar-refractivity contribution in [2.24, 2.45) is 5.73 Å². The first-order valence-corrected chi connectivity index (χ1v) is 17.4. The standard InChI is InChI=1S/C36H37IN8O7/c1-21(46)41-30(17-27-18-39-20-40-27)34(48)43-31(15-22-6-10-26(37)11-7-22)36(50)44-19-25-5-3-2-4-24(25)16-32(44)35(49)42-29(33(38)47)14-23-8-12-28(13-9-23)45(51)52/h2-13,18,20,29-32H,14-17,19H2,1H3,(H2,38,47)(H,39,40)(H,41,46)(H,42,49)(H,43,48)/t29-,30+,31-,32?/m1/s1. The van der Waals surface area contributed by atoms with E-state index in [1.165, 1.54) is 48.6 Å². The van der Waals surface area contributed by atoms with Crippen molar-refractivity contribution in [3.05, 3.63) is 127 Å². The number of nitro groups is 1. The van der Waals surface area contributed by atoms with Crippen molar-refractivity contribution in [3.8, 4) is 0 Å². The fraction of sp³-hybridized carbons (Fsp3) is 0.278. The van der Waals surface area contributed by atoms with Gasteiger partial charge in [0.1, 0.15) is 24.2 Å². The molecule has 1 unspecified atom stereocenters. The van der Waals surface area contributed by atoms with Crippen LogP contribution in [0.4, 0.5) is 5.69 Å². The van der Waals surface area contributed by atoms with E-state index in [1.807, 2.05) is 48.5 Å². The summed E-state index contributed by atoms with van der Waals surface area (Å²) in [6.07, 6.45) is 3.23. The molecule has 15 nitrogen and oxygen atoms in total. The molecule has 0 saturated carbocycles. The first kappa shape index (κ1) is 37.6. The number of aromatic nitrogens is 2. The molecule has 0 saturated heterocycles. The minimum atomic E-state index is -1.19. The van der Waals surface area contributed by atoms with E-state index in [0.717, 1.165) is 20.3 Å². The number of rotatable bonds is 14. The molecule has 4 aromatic rings. The third-order valence-corrected chi connectivity index (χ3v) is 9.44. The zero-order chi connectivity index (χ0) is 37.4. The summed E-state index contributed by atoms with van der Waals surface area (Å²) in [7, 11) is 0. The Morgan fingerprint density at radius 1 is 0.904 bits per heavy atom. The summed E-state index contributed by atoms with van der Waals surface area (Å²) in [5.41, 5.74) is 9.08. The van der Waals surface area contributed by atoms with Crippen LogP contribution >= 0.6 is 22.6 Å². The molecule has 52 heavy (non-hydrogen) atoms. The van der Waals surface area contributed by atoms with Gasteiger partial charge in [0.15, 0.2) is 0 Å². The molecule has 6 N–H and O–H groups in total. The van der Waals surface area contributed by atoms with Gasteiger partial charge >= 0.3 is 0 Å². The van der Waals surface area contributed by atoms with Gasteiger partial charge in [0.2, 0.25) is 29.5 Å². The second kappa shape index (κ2) is 17.0. The van der Waals surface area contributed by atoms with Crippen LogP contribution in [0, 0.1) is 13.7 Å². The van der Waals surface area contributed by atoms with Crippen molar-refractivity contribution >= 4 is 57.8 Å². The molecule has 0 radical (unpaired) electrons. The van der Waals surface area contributed by atoms with Gasteiger partial charge in [0, 0.05) is 66.7 Å². The first-order valence-electron chi connectivity index (χ1n) is 16.4. The zero-order valence-corrected chi connectivity index (χ0v) is 30.2. The summed E-state index contributed by atoms with van der Waals surface area (Å²) in [5.74, 6) is -3.06. The monoisotopic (exact) mass is 820 g/mol.